The van der Waals surface area contributed by atoms with E-state index in [4.69, 9.17) is 0 Å². The SMILES string of the molecule is Cc1ccc(S(=O)(=O)NC(=O)NC2N=C(c3ccccc3)c3ccccc3N(C)C2=O)cc1. The number of benzodiazepines with no additional fused rings is 1. The number of anilines is 1. The second-order valence-electron chi connectivity index (χ2n) is 7.55. The lowest BCUT2D eigenvalue weighted by atomic mass is 10.0. The first kappa shape index (κ1) is 22.2. The van der Waals surface area contributed by atoms with E-state index in [1.165, 1.54) is 17.0 Å². The number of carbonyl (C=O) groups excluding carboxylic acids is 2. The molecule has 0 saturated carbocycles. The third kappa shape index (κ3) is 4.63. The van der Waals surface area contributed by atoms with Crippen molar-refractivity contribution in [3.05, 3.63) is 95.6 Å². The van der Waals surface area contributed by atoms with Crippen LogP contribution >= 0.6 is 0 Å². The fourth-order valence-electron chi connectivity index (χ4n) is 3.49. The summed E-state index contributed by atoms with van der Waals surface area (Å²) < 4.78 is 27.1. The minimum absolute atomic E-state index is 0.0616. The number of para-hydroxylation sites is 1. The molecular formula is C24H22N4O4S. The van der Waals surface area contributed by atoms with Gasteiger partial charge in [-0.1, -0.05) is 66.2 Å². The van der Waals surface area contributed by atoms with Gasteiger partial charge in [0.15, 0.2) is 0 Å². The van der Waals surface area contributed by atoms with Crippen molar-refractivity contribution >= 4 is 33.4 Å². The number of nitrogens with one attached hydrogen (secondary N) is 2. The van der Waals surface area contributed by atoms with Crippen LogP contribution in [0.25, 0.3) is 0 Å². The Kier molecular flexibility index (Phi) is 5.97. The predicted octanol–water partition coefficient (Wildman–Crippen LogP) is 2.82. The molecule has 0 aliphatic carbocycles. The highest BCUT2D eigenvalue weighted by Gasteiger charge is 2.31. The highest BCUT2D eigenvalue weighted by Crippen LogP contribution is 2.27. The van der Waals surface area contributed by atoms with E-state index in [1.54, 1.807) is 31.3 Å². The molecule has 0 spiro atoms. The van der Waals surface area contributed by atoms with Crippen LogP contribution in [0.5, 0.6) is 0 Å². The first-order chi connectivity index (χ1) is 15.8. The van der Waals surface area contributed by atoms with Crippen LogP contribution in [0.2, 0.25) is 0 Å². The van der Waals surface area contributed by atoms with Crippen molar-refractivity contribution in [2.24, 2.45) is 4.99 Å². The second kappa shape index (κ2) is 8.87. The lowest BCUT2D eigenvalue weighted by molar-refractivity contribution is -0.119. The number of fused-ring (bicyclic) bond motifs is 1. The van der Waals surface area contributed by atoms with E-state index in [1.807, 2.05) is 54.1 Å². The first-order valence-corrected chi connectivity index (χ1v) is 11.6. The summed E-state index contributed by atoms with van der Waals surface area (Å²) in [5.74, 6) is -0.503. The van der Waals surface area contributed by atoms with E-state index in [0.29, 0.717) is 11.4 Å². The van der Waals surface area contributed by atoms with Crippen LogP contribution in [-0.4, -0.2) is 39.3 Å². The molecule has 168 valence electrons. The molecule has 1 aliphatic rings. The van der Waals surface area contributed by atoms with Gasteiger partial charge >= 0.3 is 6.03 Å². The van der Waals surface area contributed by atoms with E-state index in [0.717, 1.165) is 16.7 Å². The van der Waals surface area contributed by atoms with Crippen LogP contribution in [0.15, 0.2) is 88.8 Å². The van der Waals surface area contributed by atoms with E-state index in [2.05, 4.69) is 10.3 Å². The van der Waals surface area contributed by atoms with E-state index >= 15 is 0 Å². The van der Waals surface area contributed by atoms with Crippen molar-refractivity contribution in [2.45, 2.75) is 18.0 Å². The highest BCUT2D eigenvalue weighted by atomic mass is 32.2. The average Bonchev–Trinajstić information content (AvgIpc) is 2.90. The van der Waals surface area contributed by atoms with Crippen LogP contribution in [-0.2, 0) is 14.8 Å². The predicted molar refractivity (Wildman–Crippen MR) is 126 cm³/mol. The highest BCUT2D eigenvalue weighted by molar-refractivity contribution is 7.90. The Labute approximate surface area is 192 Å². The summed E-state index contributed by atoms with van der Waals surface area (Å²) in [5.41, 5.74) is 3.49. The number of nitrogens with zero attached hydrogens (tertiary/aromatic N) is 2. The number of hydrogen-bond donors (Lipinski definition) is 2. The molecule has 33 heavy (non-hydrogen) atoms. The second-order valence-corrected chi connectivity index (χ2v) is 9.24. The van der Waals surface area contributed by atoms with Crippen LogP contribution in [0.3, 0.4) is 0 Å². The van der Waals surface area contributed by atoms with Gasteiger partial charge < -0.3 is 10.2 Å². The van der Waals surface area contributed by atoms with Crippen LogP contribution < -0.4 is 14.9 Å². The normalized spacial score (nSPS) is 15.8. The summed E-state index contributed by atoms with van der Waals surface area (Å²) in [6.07, 6.45) is -1.33. The maximum atomic E-state index is 13.1. The van der Waals surface area contributed by atoms with Crippen LogP contribution in [0, 0.1) is 6.92 Å². The third-order valence-electron chi connectivity index (χ3n) is 5.22. The Morgan fingerprint density at radius 3 is 2.27 bits per heavy atom. The van der Waals surface area contributed by atoms with Crippen LogP contribution in [0.4, 0.5) is 10.5 Å². The number of sulfonamides is 1. The topological polar surface area (TPSA) is 108 Å². The standard InChI is InChI=1S/C24H22N4O4S/c1-16-12-14-18(15-13-16)33(31,32)27-24(30)26-22-23(29)28(2)20-11-7-6-10-19(20)21(25-22)17-8-4-3-5-9-17/h3-15,22H,1-2H3,(H2,26,27,30). The van der Waals surface area contributed by atoms with Gasteiger partial charge in [-0.25, -0.2) is 22.9 Å². The minimum Gasteiger partial charge on any atom is -0.311 e. The monoisotopic (exact) mass is 462 g/mol. The van der Waals surface area contributed by atoms with Gasteiger partial charge in [0.05, 0.1) is 16.3 Å². The van der Waals surface area contributed by atoms with Gasteiger partial charge in [0, 0.05) is 18.2 Å². The number of carbonyl (C=O) groups is 2. The van der Waals surface area contributed by atoms with Gasteiger partial charge in [-0.15, -0.1) is 0 Å². The van der Waals surface area contributed by atoms with Crippen molar-refractivity contribution in [3.8, 4) is 0 Å². The quantitative estimate of drug-likeness (QED) is 0.622. The van der Waals surface area contributed by atoms with Gasteiger partial charge in [0.1, 0.15) is 0 Å². The number of benzene rings is 3. The number of urea groups is 1. The molecule has 3 aromatic carbocycles. The summed E-state index contributed by atoms with van der Waals surface area (Å²) >= 11 is 0. The molecule has 8 nitrogen and oxygen atoms in total. The maximum Gasteiger partial charge on any atom is 0.330 e. The Morgan fingerprint density at radius 2 is 1.58 bits per heavy atom. The molecule has 3 amide bonds. The molecule has 0 aromatic heterocycles. The zero-order valence-electron chi connectivity index (χ0n) is 18.0. The summed E-state index contributed by atoms with van der Waals surface area (Å²) in [4.78, 5) is 31.6. The molecule has 9 heteroatoms. The van der Waals surface area contributed by atoms with Gasteiger partial charge in [0.2, 0.25) is 6.17 Å². The number of amides is 3. The van der Waals surface area contributed by atoms with E-state index in [-0.39, 0.29) is 4.90 Å². The lowest BCUT2D eigenvalue weighted by Crippen LogP contribution is -2.50. The van der Waals surface area contributed by atoms with E-state index in [9.17, 15) is 18.0 Å². The largest absolute Gasteiger partial charge is 0.330 e. The number of hydrogen-bond acceptors (Lipinski definition) is 5. The Balaban J connectivity index is 1.66. The van der Waals surface area contributed by atoms with Crippen molar-refractivity contribution in [2.75, 3.05) is 11.9 Å². The van der Waals surface area contributed by atoms with E-state index < -0.39 is 28.1 Å². The first-order valence-electron chi connectivity index (χ1n) is 10.2. The fraction of sp³-hybridized carbons (Fsp3) is 0.125. The van der Waals surface area contributed by atoms with Crippen molar-refractivity contribution in [1.29, 1.82) is 0 Å². The molecule has 3 aromatic rings. The number of aliphatic imine (C=N–C) groups is 1. The van der Waals surface area contributed by atoms with Crippen molar-refractivity contribution < 1.29 is 18.0 Å². The minimum atomic E-state index is -4.12. The summed E-state index contributed by atoms with van der Waals surface area (Å²) in [6.45, 7) is 1.82. The Morgan fingerprint density at radius 1 is 0.939 bits per heavy atom. The Bertz CT molecular complexity index is 1340. The molecule has 0 radical (unpaired) electrons. The Hall–Kier alpha value is -3.98. The fourth-order valence-corrected chi connectivity index (χ4v) is 4.41. The molecule has 0 bridgehead atoms. The zero-order chi connectivity index (χ0) is 23.6. The molecule has 1 aliphatic heterocycles. The molecule has 0 saturated heterocycles. The molecule has 1 atom stereocenters. The molecule has 4 rings (SSSR count). The maximum absolute atomic E-state index is 13.1. The molecule has 1 heterocycles. The average molecular weight is 463 g/mol. The molecular weight excluding hydrogens is 440 g/mol. The molecule has 2 N–H and O–H groups in total. The summed E-state index contributed by atoms with van der Waals surface area (Å²) in [7, 11) is -2.54. The van der Waals surface area contributed by atoms with Crippen molar-refractivity contribution in [3.63, 3.8) is 0 Å². The number of likely N-dealkylation sites (N-methyl/N-ethyl adjacent to an activating group) is 1. The number of rotatable bonds is 4. The van der Waals surface area contributed by atoms with Gasteiger partial charge in [0.25, 0.3) is 15.9 Å². The lowest BCUT2D eigenvalue weighted by Gasteiger charge is -2.21. The summed E-state index contributed by atoms with van der Waals surface area (Å²) in [5, 5.41) is 2.40. The molecule has 1 unspecified atom stereocenters. The summed E-state index contributed by atoms with van der Waals surface area (Å²) in [6, 6.07) is 21.5. The zero-order valence-corrected chi connectivity index (χ0v) is 18.8. The smallest absolute Gasteiger partial charge is 0.311 e. The number of aryl methyl sites for hydroxylation is 1. The van der Waals surface area contributed by atoms with Gasteiger partial charge in [-0.05, 0) is 25.1 Å². The van der Waals surface area contributed by atoms with Gasteiger partial charge in [-0.3, -0.25) is 4.79 Å². The van der Waals surface area contributed by atoms with Crippen molar-refractivity contribution in [1.82, 2.24) is 10.0 Å². The molecule has 0 fully saturated rings. The third-order valence-corrected chi connectivity index (χ3v) is 6.56. The van der Waals surface area contributed by atoms with Crippen LogP contribution in [0.1, 0.15) is 16.7 Å². The van der Waals surface area contributed by atoms with Gasteiger partial charge in [-0.2, -0.15) is 0 Å².